The predicted octanol–water partition coefficient (Wildman–Crippen LogP) is 3.02. The molecule has 0 aromatic heterocycles. The van der Waals surface area contributed by atoms with Gasteiger partial charge in [-0.15, -0.1) is 0 Å². The van der Waals surface area contributed by atoms with Crippen molar-refractivity contribution in [1.29, 1.82) is 0 Å². The summed E-state index contributed by atoms with van der Waals surface area (Å²) < 4.78 is 28.8. The van der Waals surface area contributed by atoms with Crippen molar-refractivity contribution in [2.45, 2.75) is 37.6 Å². The quantitative estimate of drug-likeness (QED) is 0.872. The van der Waals surface area contributed by atoms with Gasteiger partial charge < -0.3 is 0 Å². The number of anilines is 1. The molecule has 0 bridgehead atoms. The summed E-state index contributed by atoms with van der Waals surface area (Å²) in [7, 11) is -3.42. The number of nitrogens with zero attached hydrogens (tertiary/aromatic N) is 1. The van der Waals surface area contributed by atoms with Gasteiger partial charge in [0.05, 0.1) is 5.54 Å². The molecule has 3 rings (SSSR count). The third kappa shape index (κ3) is 2.59. The van der Waals surface area contributed by atoms with Gasteiger partial charge in [0.2, 0.25) is 0 Å². The number of benzene rings is 1. The Balaban J connectivity index is 1.72. The number of nitrogens with one attached hydrogen (secondary N) is 1. The molecule has 1 N–H and O–H groups in total. The second-order valence-corrected chi connectivity index (χ2v) is 7.44. The SMILES string of the molecule is O=S(=O)(Nc1ccc(Cl)cc1)N1CC12CCCCC2. The third-order valence-corrected chi connectivity index (χ3v) is 5.87. The van der Waals surface area contributed by atoms with Crippen LogP contribution >= 0.6 is 11.6 Å². The molecule has 2 aliphatic rings. The van der Waals surface area contributed by atoms with E-state index < -0.39 is 10.2 Å². The van der Waals surface area contributed by atoms with Gasteiger partial charge in [0, 0.05) is 17.3 Å². The molecular formula is C13H17ClN2O2S. The van der Waals surface area contributed by atoms with Crippen LogP contribution in [0, 0.1) is 0 Å². The second kappa shape index (κ2) is 4.65. The molecule has 19 heavy (non-hydrogen) atoms. The monoisotopic (exact) mass is 300 g/mol. The van der Waals surface area contributed by atoms with Crippen molar-refractivity contribution in [3.05, 3.63) is 29.3 Å². The van der Waals surface area contributed by atoms with Crippen LogP contribution in [0.2, 0.25) is 5.02 Å². The van der Waals surface area contributed by atoms with Gasteiger partial charge in [-0.2, -0.15) is 12.7 Å². The van der Waals surface area contributed by atoms with Crippen molar-refractivity contribution in [1.82, 2.24) is 4.31 Å². The highest BCUT2D eigenvalue weighted by Gasteiger charge is 2.58. The number of halogens is 1. The standard InChI is InChI=1S/C13H17ClN2O2S/c14-11-4-6-12(7-5-11)15-19(17,18)16-10-13(16)8-2-1-3-9-13/h4-7,15H,1-3,8-10H2. The van der Waals surface area contributed by atoms with E-state index in [1.165, 1.54) is 6.42 Å². The molecule has 2 fully saturated rings. The highest BCUT2D eigenvalue weighted by Crippen LogP contribution is 2.47. The minimum absolute atomic E-state index is 0.0868. The van der Waals surface area contributed by atoms with Crippen molar-refractivity contribution in [2.24, 2.45) is 0 Å². The van der Waals surface area contributed by atoms with Crippen LogP contribution in [0.4, 0.5) is 5.69 Å². The van der Waals surface area contributed by atoms with Crippen LogP contribution < -0.4 is 4.72 Å². The fraction of sp³-hybridized carbons (Fsp3) is 0.538. The van der Waals surface area contributed by atoms with E-state index in [1.807, 2.05) is 0 Å². The first-order valence-corrected chi connectivity index (χ1v) is 8.40. The first-order chi connectivity index (χ1) is 9.02. The van der Waals surface area contributed by atoms with Gasteiger partial charge >= 0.3 is 10.2 Å². The van der Waals surface area contributed by atoms with Gasteiger partial charge in [0.1, 0.15) is 0 Å². The fourth-order valence-corrected chi connectivity index (χ4v) is 4.68. The van der Waals surface area contributed by atoms with Crippen LogP contribution in [0.15, 0.2) is 24.3 Å². The van der Waals surface area contributed by atoms with Crippen LogP contribution in [-0.4, -0.2) is 24.8 Å². The lowest BCUT2D eigenvalue weighted by atomic mass is 9.89. The van der Waals surface area contributed by atoms with Crippen molar-refractivity contribution < 1.29 is 8.42 Å². The van der Waals surface area contributed by atoms with Crippen LogP contribution in [-0.2, 0) is 10.2 Å². The molecule has 0 amide bonds. The number of hydrogen-bond donors (Lipinski definition) is 1. The highest BCUT2D eigenvalue weighted by atomic mass is 35.5. The largest absolute Gasteiger partial charge is 0.302 e. The minimum Gasteiger partial charge on any atom is -0.271 e. The van der Waals surface area contributed by atoms with Crippen LogP contribution in [0.1, 0.15) is 32.1 Å². The van der Waals surface area contributed by atoms with E-state index in [9.17, 15) is 8.42 Å². The van der Waals surface area contributed by atoms with E-state index in [4.69, 9.17) is 11.6 Å². The van der Waals surface area contributed by atoms with Crippen LogP contribution in [0.3, 0.4) is 0 Å². The van der Waals surface area contributed by atoms with E-state index in [0.29, 0.717) is 17.3 Å². The first kappa shape index (κ1) is 13.2. The van der Waals surface area contributed by atoms with Crippen molar-refractivity contribution in [3.63, 3.8) is 0 Å². The van der Waals surface area contributed by atoms with Crippen molar-refractivity contribution >= 4 is 27.5 Å². The zero-order valence-electron chi connectivity index (χ0n) is 10.6. The van der Waals surface area contributed by atoms with E-state index >= 15 is 0 Å². The van der Waals surface area contributed by atoms with Gasteiger partial charge in [-0.3, -0.25) is 4.72 Å². The van der Waals surface area contributed by atoms with E-state index in [2.05, 4.69) is 4.72 Å². The van der Waals surface area contributed by atoms with Crippen molar-refractivity contribution in [3.8, 4) is 0 Å². The third-order valence-electron chi connectivity index (χ3n) is 4.03. The molecule has 1 spiro atoms. The molecule has 1 aromatic rings. The van der Waals surface area contributed by atoms with Gasteiger partial charge in [-0.25, -0.2) is 0 Å². The molecule has 1 saturated carbocycles. The number of rotatable bonds is 3. The summed E-state index contributed by atoms with van der Waals surface area (Å²) in [6, 6.07) is 6.71. The summed E-state index contributed by atoms with van der Waals surface area (Å²) in [5.74, 6) is 0. The molecule has 104 valence electrons. The maximum absolute atomic E-state index is 12.3. The lowest BCUT2D eigenvalue weighted by Crippen LogP contribution is -2.30. The Morgan fingerprint density at radius 1 is 1.11 bits per heavy atom. The molecule has 6 heteroatoms. The summed E-state index contributed by atoms with van der Waals surface area (Å²) in [6.07, 6.45) is 5.48. The van der Waals surface area contributed by atoms with E-state index in [0.717, 1.165) is 25.7 Å². The highest BCUT2D eigenvalue weighted by molar-refractivity contribution is 7.90. The normalized spacial score (nSPS) is 25.2. The van der Waals surface area contributed by atoms with Gasteiger partial charge in [0.15, 0.2) is 0 Å². The lowest BCUT2D eigenvalue weighted by molar-refractivity contribution is 0.367. The maximum atomic E-state index is 12.3. The van der Waals surface area contributed by atoms with Crippen LogP contribution in [0.5, 0.6) is 0 Å². The zero-order chi connectivity index (χ0) is 13.5. The Bertz CT molecular complexity index is 565. The fourth-order valence-electron chi connectivity index (χ4n) is 2.91. The lowest BCUT2D eigenvalue weighted by Gasteiger charge is -2.22. The Labute approximate surface area is 118 Å². The summed E-state index contributed by atoms with van der Waals surface area (Å²) >= 11 is 5.79. The van der Waals surface area contributed by atoms with Crippen molar-refractivity contribution in [2.75, 3.05) is 11.3 Å². The molecule has 1 heterocycles. The molecule has 1 aliphatic carbocycles. The van der Waals surface area contributed by atoms with Gasteiger partial charge in [-0.1, -0.05) is 30.9 Å². The predicted molar refractivity (Wildman–Crippen MR) is 76.5 cm³/mol. The average molecular weight is 301 g/mol. The molecule has 1 saturated heterocycles. The molecule has 1 unspecified atom stereocenters. The summed E-state index contributed by atoms with van der Waals surface area (Å²) in [5, 5.41) is 0.596. The van der Waals surface area contributed by atoms with Crippen LogP contribution in [0.25, 0.3) is 0 Å². The summed E-state index contributed by atoms with van der Waals surface area (Å²) in [6.45, 7) is 0.663. The minimum atomic E-state index is -3.42. The summed E-state index contributed by atoms with van der Waals surface area (Å²) in [4.78, 5) is 0. The molecule has 1 atom stereocenters. The smallest absolute Gasteiger partial charge is 0.271 e. The first-order valence-electron chi connectivity index (χ1n) is 6.58. The second-order valence-electron chi connectivity index (χ2n) is 5.41. The average Bonchev–Trinajstić information content (AvgIpc) is 3.08. The molecule has 4 nitrogen and oxygen atoms in total. The Kier molecular flexibility index (Phi) is 3.23. The van der Waals surface area contributed by atoms with Gasteiger partial charge in [0.25, 0.3) is 0 Å². The topological polar surface area (TPSA) is 49.2 Å². The van der Waals surface area contributed by atoms with E-state index in [1.54, 1.807) is 28.6 Å². The molecular weight excluding hydrogens is 284 g/mol. The zero-order valence-corrected chi connectivity index (χ0v) is 12.2. The Hall–Kier alpha value is -0.780. The molecule has 0 radical (unpaired) electrons. The summed E-state index contributed by atoms with van der Waals surface area (Å²) in [5.41, 5.74) is 0.471. The Morgan fingerprint density at radius 3 is 2.37 bits per heavy atom. The molecule has 1 aromatic carbocycles. The van der Waals surface area contributed by atoms with E-state index in [-0.39, 0.29) is 5.54 Å². The Morgan fingerprint density at radius 2 is 1.74 bits per heavy atom. The number of hydrogen-bond acceptors (Lipinski definition) is 2. The molecule has 1 aliphatic heterocycles. The van der Waals surface area contributed by atoms with Gasteiger partial charge in [-0.05, 0) is 37.1 Å². The maximum Gasteiger partial charge on any atom is 0.302 e.